The zero-order valence-electron chi connectivity index (χ0n) is 9.59. The normalized spacial score (nSPS) is 10.6. The Labute approximate surface area is 130 Å². The Morgan fingerprint density at radius 2 is 2.15 bits per heavy atom. The van der Waals surface area contributed by atoms with Crippen molar-refractivity contribution in [2.75, 3.05) is 0 Å². The number of ketones is 1. The van der Waals surface area contributed by atoms with Crippen LogP contribution in [0.3, 0.4) is 0 Å². The predicted molar refractivity (Wildman–Crippen MR) is 75.2 cm³/mol. The Morgan fingerprint density at radius 1 is 1.45 bits per heavy atom. The van der Waals surface area contributed by atoms with Gasteiger partial charge in [-0.25, -0.2) is 0 Å². The van der Waals surface area contributed by atoms with E-state index in [9.17, 15) is 14.9 Å². The highest BCUT2D eigenvalue weighted by atomic mass is 79.9. The summed E-state index contributed by atoms with van der Waals surface area (Å²) in [6.45, 7) is -0.233. The maximum absolute atomic E-state index is 12.1. The van der Waals surface area contributed by atoms with Gasteiger partial charge >= 0.3 is 5.95 Å². The maximum Gasteiger partial charge on any atom is 0.492 e. The SMILES string of the molecule is O=C(Cn1nc([N+](=O)[O-])nc1Br)c1ccc(Cl)cc1Cl. The molecule has 0 atom stereocenters. The minimum absolute atomic E-state index is 0.0858. The van der Waals surface area contributed by atoms with Gasteiger partial charge in [-0.05, 0) is 28.1 Å². The van der Waals surface area contributed by atoms with E-state index in [0.717, 1.165) is 4.68 Å². The van der Waals surface area contributed by atoms with Gasteiger partial charge in [0.15, 0.2) is 5.78 Å². The van der Waals surface area contributed by atoms with Crippen LogP contribution in [-0.2, 0) is 6.54 Å². The summed E-state index contributed by atoms with van der Waals surface area (Å²) in [4.78, 5) is 25.4. The number of carbonyl (C=O) groups excluding carboxylic acids is 1. The molecule has 7 nitrogen and oxygen atoms in total. The van der Waals surface area contributed by atoms with E-state index in [1.54, 1.807) is 0 Å². The van der Waals surface area contributed by atoms with E-state index in [1.807, 2.05) is 0 Å². The Kier molecular flexibility index (Phi) is 4.36. The zero-order chi connectivity index (χ0) is 14.9. The molecule has 0 aliphatic rings. The topological polar surface area (TPSA) is 90.9 Å². The third-order valence-electron chi connectivity index (χ3n) is 2.30. The van der Waals surface area contributed by atoms with Crippen molar-refractivity contribution in [3.05, 3.63) is 48.7 Å². The molecule has 20 heavy (non-hydrogen) atoms. The number of rotatable bonds is 4. The Balaban J connectivity index is 2.25. The van der Waals surface area contributed by atoms with Crippen molar-refractivity contribution in [3.8, 4) is 0 Å². The van der Waals surface area contributed by atoms with E-state index in [4.69, 9.17) is 23.2 Å². The Morgan fingerprint density at radius 3 is 2.70 bits per heavy atom. The maximum atomic E-state index is 12.1. The van der Waals surface area contributed by atoms with Gasteiger partial charge < -0.3 is 10.1 Å². The molecule has 0 fully saturated rings. The summed E-state index contributed by atoms with van der Waals surface area (Å²) < 4.78 is 1.16. The van der Waals surface area contributed by atoms with Crippen LogP contribution in [0.25, 0.3) is 0 Å². The van der Waals surface area contributed by atoms with Crippen molar-refractivity contribution < 1.29 is 9.72 Å². The number of Topliss-reactive ketones (excluding diaryl/α,β-unsaturated/α-hetero) is 1. The van der Waals surface area contributed by atoms with E-state index < -0.39 is 10.9 Å². The first-order chi connectivity index (χ1) is 9.38. The van der Waals surface area contributed by atoms with Gasteiger partial charge in [0.05, 0.1) is 5.02 Å². The van der Waals surface area contributed by atoms with Crippen LogP contribution in [0, 0.1) is 10.1 Å². The first kappa shape index (κ1) is 14.9. The van der Waals surface area contributed by atoms with Gasteiger partial charge in [-0.2, -0.15) is 4.68 Å². The van der Waals surface area contributed by atoms with Crippen LogP contribution in [0.1, 0.15) is 10.4 Å². The quantitative estimate of drug-likeness (QED) is 0.462. The molecule has 0 radical (unpaired) electrons. The average Bonchev–Trinajstić information content (AvgIpc) is 2.71. The van der Waals surface area contributed by atoms with Gasteiger partial charge in [-0.15, -0.1) is 0 Å². The summed E-state index contributed by atoms with van der Waals surface area (Å²) >= 11 is 14.7. The van der Waals surface area contributed by atoms with Gasteiger partial charge in [0, 0.05) is 31.6 Å². The van der Waals surface area contributed by atoms with Crippen LogP contribution in [0.15, 0.2) is 22.9 Å². The summed E-state index contributed by atoms with van der Waals surface area (Å²) in [5.41, 5.74) is 0.251. The van der Waals surface area contributed by atoms with Crippen LogP contribution < -0.4 is 0 Å². The molecule has 0 saturated heterocycles. The second kappa shape index (κ2) is 5.86. The number of benzene rings is 1. The molecule has 0 bridgehead atoms. The molecule has 2 aromatic rings. The van der Waals surface area contributed by atoms with E-state index in [2.05, 4.69) is 26.0 Å². The fourth-order valence-electron chi connectivity index (χ4n) is 1.43. The van der Waals surface area contributed by atoms with Gasteiger partial charge in [-0.3, -0.25) is 4.79 Å². The molecular formula is C10H5BrCl2N4O3. The number of nitrogens with zero attached hydrogens (tertiary/aromatic N) is 4. The van der Waals surface area contributed by atoms with Crippen LogP contribution in [0.5, 0.6) is 0 Å². The molecule has 1 heterocycles. The van der Waals surface area contributed by atoms with Crippen molar-refractivity contribution >= 4 is 50.9 Å². The largest absolute Gasteiger partial charge is 0.492 e. The zero-order valence-corrected chi connectivity index (χ0v) is 12.7. The number of halogens is 3. The van der Waals surface area contributed by atoms with Crippen molar-refractivity contribution in [1.82, 2.24) is 14.8 Å². The smallest absolute Gasteiger partial charge is 0.390 e. The van der Waals surface area contributed by atoms with Crippen molar-refractivity contribution in [2.45, 2.75) is 6.54 Å². The average molecular weight is 380 g/mol. The lowest BCUT2D eigenvalue weighted by molar-refractivity contribution is -0.394. The van der Waals surface area contributed by atoms with Gasteiger partial charge in [0.1, 0.15) is 6.54 Å². The third-order valence-corrected chi connectivity index (χ3v) is 3.44. The number of nitro groups is 1. The Bertz CT molecular complexity index is 704. The number of hydrogen-bond donors (Lipinski definition) is 0. The molecule has 2 rings (SSSR count). The first-order valence-corrected chi connectivity index (χ1v) is 6.66. The highest BCUT2D eigenvalue weighted by Crippen LogP contribution is 2.22. The molecule has 10 heteroatoms. The molecule has 1 aromatic heterocycles. The molecule has 0 spiro atoms. The molecule has 1 aromatic carbocycles. The molecule has 0 amide bonds. The van der Waals surface area contributed by atoms with Crippen molar-refractivity contribution in [2.24, 2.45) is 0 Å². The molecule has 0 aliphatic heterocycles. The van der Waals surface area contributed by atoms with E-state index >= 15 is 0 Å². The van der Waals surface area contributed by atoms with Crippen molar-refractivity contribution in [3.63, 3.8) is 0 Å². The highest BCUT2D eigenvalue weighted by Gasteiger charge is 2.22. The molecule has 0 saturated carbocycles. The fraction of sp³-hybridized carbons (Fsp3) is 0.100. The third kappa shape index (κ3) is 3.14. The molecule has 0 unspecified atom stereocenters. The van der Waals surface area contributed by atoms with Crippen LogP contribution in [0.4, 0.5) is 5.95 Å². The Hall–Kier alpha value is -1.51. The summed E-state index contributed by atoms with van der Waals surface area (Å²) in [6, 6.07) is 4.45. The number of aromatic nitrogens is 3. The predicted octanol–water partition coefficient (Wildman–Crippen LogP) is 3.14. The summed E-state index contributed by atoms with van der Waals surface area (Å²) in [7, 11) is 0. The lowest BCUT2D eigenvalue weighted by atomic mass is 10.1. The second-order valence-electron chi connectivity index (χ2n) is 3.64. The highest BCUT2D eigenvalue weighted by molar-refractivity contribution is 9.10. The van der Waals surface area contributed by atoms with E-state index in [0.29, 0.717) is 5.02 Å². The minimum Gasteiger partial charge on any atom is -0.390 e. The molecular weight excluding hydrogens is 375 g/mol. The summed E-state index contributed by atoms with van der Waals surface area (Å²) in [6.07, 6.45) is 0. The molecule has 104 valence electrons. The van der Waals surface area contributed by atoms with Crippen molar-refractivity contribution in [1.29, 1.82) is 0 Å². The molecule has 0 N–H and O–H groups in total. The summed E-state index contributed by atoms with van der Waals surface area (Å²) in [5.74, 6) is -0.959. The van der Waals surface area contributed by atoms with Gasteiger partial charge in [0.2, 0.25) is 0 Å². The van der Waals surface area contributed by atoms with Crippen LogP contribution in [-0.4, -0.2) is 25.5 Å². The fourth-order valence-corrected chi connectivity index (χ4v) is 2.30. The van der Waals surface area contributed by atoms with E-state index in [-0.39, 0.29) is 27.6 Å². The van der Waals surface area contributed by atoms with Gasteiger partial charge in [0.25, 0.3) is 4.73 Å². The number of carbonyl (C=O) groups is 1. The lowest BCUT2D eigenvalue weighted by Gasteiger charge is -2.02. The number of hydrogen-bond acceptors (Lipinski definition) is 5. The summed E-state index contributed by atoms with van der Waals surface area (Å²) in [5, 5.41) is 14.7. The lowest BCUT2D eigenvalue weighted by Crippen LogP contribution is -2.12. The standard InChI is InChI=1S/C10H5BrCl2N4O3/c11-9-14-10(17(19)20)15-16(9)4-8(18)6-2-1-5(12)3-7(6)13/h1-3H,4H2. The second-order valence-corrected chi connectivity index (χ2v) is 5.20. The van der Waals surface area contributed by atoms with Crippen LogP contribution in [0.2, 0.25) is 10.0 Å². The van der Waals surface area contributed by atoms with E-state index in [1.165, 1.54) is 18.2 Å². The monoisotopic (exact) mass is 378 g/mol. The van der Waals surface area contributed by atoms with Crippen LogP contribution >= 0.6 is 39.1 Å². The minimum atomic E-state index is -0.749. The first-order valence-electron chi connectivity index (χ1n) is 5.11. The molecule has 0 aliphatic carbocycles. The van der Waals surface area contributed by atoms with Gasteiger partial charge in [-0.1, -0.05) is 23.2 Å².